The average Bonchev–Trinajstić information content (AvgIpc) is 3.04. The number of halogens is 1. The van der Waals surface area contributed by atoms with E-state index < -0.39 is 33.8 Å². The molecule has 4 N–H and O–H groups in total. The molecule has 0 spiro atoms. The molecule has 25 heavy (non-hydrogen) atoms. The zero-order chi connectivity index (χ0) is 18.4. The Hall–Kier alpha value is -2.38. The maximum atomic E-state index is 13.6. The number of nitrogens with zero attached hydrogens (tertiary/aromatic N) is 4. The van der Waals surface area contributed by atoms with Crippen molar-refractivity contribution in [1.82, 2.24) is 19.5 Å². The molecule has 2 rings (SSSR count). The van der Waals surface area contributed by atoms with E-state index in [0.717, 1.165) is 0 Å². The van der Waals surface area contributed by atoms with Crippen molar-refractivity contribution in [2.24, 2.45) is 0 Å². The van der Waals surface area contributed by atoms with E-state index in [1.54, 1.807) is 7.05 Å². The van der Waals surface area contributed by atoms with E-state index in [9.17, 15) is 14.1 Å². The molecule has 2 aromatic rings. The molecule has 0 aliphatic rings. The van der Waals surface area contributed by atoms with E-state index >= 15 is 0 Å². The summed E-state index contributed by atoms with van der Waals surface area (Å²) in [5, 5.41) is 12.6. The van der Waals surface area contributed by atoms with Gasteiger partial charge in [-0.05, 0) is 0 Å². The van der Waals surface area contributed by atoms with E-state index in [2.05, 4.69) is 30.7 Å². The molecule has 2 aromatic heterocycles. The monoisotopic (exact) mass is 370 g/mol. The summed E-state index contributed by atoms with van der Waals surface area (Å²) in [7, 11) is 1.01. The van der Waals surface area contributed by atoms with Crippen molar-refractivity contribution in [3.63, 3.8) is 0 Å². The van der Waals surface area contributed by atoms with Gasteiger partial charge in [0.15, 0.2) is 23.2 Å². The average molecular weight is 370 g/mol. The number of imidazole rings is 1. The third-order valence-electron chi connectivity index (χ3n) is 3.26. The Labute approximate surface area is 143 Å². The Morgan fingerprint density at radius 2 is 2.36 bits per heavy atom. The quantitative estimate of drug-likeness (QED) is 0.426. The maximum Gasteiger partial charge on any atom is 0.327 e. The number of terminal acetylenes is 1. The highest BCUT2D eigenvalue weighted by Gasteiger charge is 2.26. The molecule has 2 heterocycles. The van der Waals surface area contributed by atoms with Gasteiger partial charge >= 0.3 is 8.69 Å². The van der Waals surface area contributed by atoms with Crippen LogP contribution in [0, 0.1) is 12.3 Å². The van der Waals surface area contributed by atoms with Gasteiger partial charge in [-0.3, -0.25) is 9.09 Å². The first kappa shape index (κ1) is 19.0. The molecule has 0 aliphatic carbocycles. The lowest BCUT2D eigenvalue weighted by Crippen LogP contribution is -2.35. The number of anilines is 2. The molecule has 10 nitrogen and oxygen atoms in total. The highest BCUT2D eigenvalue weighted by molar-refractivity contribution is 7.17. The van der Waals surface area contributed by atoms with Crippen molar-refractivity contribution in [1.29, 1.82) is 0 Å². The minimum absolute atomic E-state index is 0.0371. The zero-order valence-electron chi connectivity index (χ0n) is 13.2. The number of alkyl halides is 1. The number of nitrogens with two attached hydrogens (primary N) is 1. The van der Waals surface area contributed by atoms with E-state index in [4.69, 9.17) is 16.9 Å². The third-order valence-corrected chi connectivity index (χ3v) is 3.52. The van der Waals surface area contributed by atoms with Gasteiger partial charge in [0.25, 0.3) is 0 Å². The lowest BCUT2D eigenvalue weighted by atomic mass is 10.2. The van der Waals surface area contributed by atoms with Crippen LogP contribution in [-0.4, -0.2) is 57.2 Å². The van der Waals surface area contributed by atoms with Crippen LogP contribution < -0.4 is 11.1 Å². The van der Waals surface area contributed by atoms with E-state index in [1.165, 1.54) is 10.9 Å². The minimum Gasteiger partial charge on any atom is -0.378 e. The summed E-state index contributed by atoms with van der Waals surface area (Å²) in [6.45, 7) is -1.29. The smallest absolute Gasteiger partial charge is 0.327 e. The number of aliphatic hydroxyl groups is 1. The molecule has 0 amide bonds. The molecule has 0 saturated heterocycles. The van der Waals surface area contributed by atoms with Crippen LogP contribution in [0.4, 0.5) is 16.2 Å². The number of nitrogen functional groups attached to an aromatic ring is 1. The fourth-order valence-electron chi connectivity index (χ4n) is 2.11. The van der Waals surface area contributed by atoms with Crippen molar-refractivity contribution in [3.8, 4) is 12.3 Å². The van der Waals surface area contributed by atoms with Crippen molar-refractivity contribution in [2.75, 3.05) is 31.4 Å². The van der Waals surface area contributed by atoms with Gasteiger partial charge < -0.3 is 20.9 Å². The van der Waals surface area contributed by atoms with E-state index in [-0.39, 0.29) is 18.2 Å². The standard InChI is InChI=1S/C13H16FN6O4P/c1-3-7(21)8(5-23-25-22)24-9(4-14)20-6-17-10-11(16-2)18-13(15)19-12(10)20/h1,6-9,21H,4-5H2,2H3,(H3,15,16,18,19)/t7?,8-,9-/m1/s1. The van der Waals surface area contributed by atoms with E-state index in [0.29, 0.717) is 11.3 Å². The highest BCUT2D eigenvalue weighted by atomic mass is 31.1. The van der Waals surface area contributed by atoms with Gasteiger partial charge in [-0.2, -0.15) is 9.97 Å². The number of rotatable bonds is 9. The Kier molecular flexibility index (Phi) is 6.55. The number of nitrogens with one attached hydrogen (secondary N) is 1. The summed E-state index contributed by atoms with van der Waals surface area (Å²) in [6, 6.07) is 0. The molecule has 0 aliphatic heterocycles. The summed E-state index contributed by atoms with van der Waals surface area (Å²) >= 11 is 0. The van der Waals surface area contributed by atoms with Crippen LogP contribution in [0.25, 0.3) is 11.2 Å². The second-order valence-corrected chi connectivity index (χ2v) is 5.18. The van der Waals surface area contributed by atoms with E-state index in [1.807, 2.05) is 0 Å². The van der Waals surface area contributed by atoms with Crippen molar-refractivity contribution in [2.45, 2.75) is 18.4 Å². The fraction of sp³-hybridized carbons (Fsp3) is 0.462. The van der Waals surface area contributed by atoms with Gasteiger partial charge in [-0.1, -0.05) is 5.92 Å². The molecule has 0 fully saturated rings. The lowest BCUT2D eigenvalue weighted by molar-refractivity contribution is -0.110. The SMILES string of the molecule is C#CC(O)[C@@H](COP=O)O[C@H](CF)n1cnc2c(NC)nc(N)nc21. The number of aromatic nitrogens is 4. The molecule has 134 valence electrons. The van der Waals surface area contributed by atoms with Crippen LogP contribution >= 0.6 is 8.69 Å². The first-order chi connectivity index (χ1) is 12.0. The van der Waals surface area contributed by atoms with Gasteiger partial charge in [0.05, 0.1) is 12.9 Å². The van der Waals surface area contributed by atoms with Gasteiger partial charge in [0.1, 0.15) is 18.9 Å². The van der Waals surface area contributed by atoms with Crippen LogP contribution in [0.5, 0.6) is 0 Å². The third kappa shape index (κ3) is 4.18. The molecule has 0 saturated carbocycles. The number of fused-ring (bicyclic) bond motifs is 1. The first-order valence-corrected chi connectivity index (χ1v) is 7.76. The fourth-order valence-corrected chi connectivity index (χ4v) is 2.32. The van der Waals surface area contributed by atoms with Crippen LogP contribution in [0.1, 0.15) is 6.23 Å². The van der Waals surface area contributed by atoms with Crippen molar-refractivity contribution in [3.05, 3.63) is 6.33 Å². The number of hydrogen-bond donors (Lipinski definition) is 3. The largest absolute Gasteiger partial charge is 0.378 e. The Morgan fingerprint density at radius 3 is 2.96 bits per heavy atom. The Bertz CT molecular complexity index is 782. The molecule has 0 radical (unpaired) electrons. The van der Waals surface area contributed by atoms with Gasteiger partial charge in [0, 0.05) is 7.05 Å². The molecular formula is C13H16FN6O4P. The normalized spacial score (nSPS) is 15.0. The molecule has 3 atom stereocenters. The lowest BCUT2D eigenvalue weighted by Gasteiger charge is -2.24. The second kappa shape index (κ2) is 8.64. The van der Waals surface area contributed by atoms with Crippen LogP contribution in [0.2, 0.25) is 0 Å². The second-order valence-electron chi connectivity index (χ2n) is 4.77. The molecule has 0 bridgehead atoms. The first-order valence-electron chi connectivity index (χ1n) is 7.03. The van der Waals surface area contributed by atoms with Gasteiger partial charge in [-0.25, -0.2) is 13.9 Å². The molecular weight excluding hydrogens is 354 g/mol. The summed E-state index contributed by atoms with van der Waals surface area (Å²) in [5.41, 5.74) is 6.24. The van der Waals surface area contributed by atoms with Crippen molar-refractivity contribution >= 4 is 31.6 Å². The Morgan fingerprint density at radius 1 is 1.60 bits per heavy atom. The number of ether oxygens (including phenoxy) is 1. The Balaban J connectivity index is 2.36. The van der Waals surface area contributed by atoms with Gasteiger partial charge in [0.2, 0.25) is 5.95 Å². The molecule has 12 heteroatoms. The predicted molar refractivity (Wildman–Crippen MR) is 87.6 cm³/mol. The topological polar surface area (TPSA) is 137 Å². The van der Waals surface area contributed by atoms with Crippen LogP contribution in [0.15, 0.2) is 6.33 Å². The predicted octanol–water partition coefficient (Wildman–Crippen LogP) is 0.521. The number of aliphatic hydroxyl groups excluding tert-OH is 1. The van der Waals surface area contributed by atoms with Crippen LogP contribution in [-0.2, 0) is 13.8 Å². The summed E-state index contributed by atoms with van der Waals surface area (Å²) in [4.78, 5) is 12.1. The minimum atomic E-state index is -1.39. The van der Waals surface area contributed by atoms with Crippen LogP contribution in [0.3, 0.4) is 0 Å². The number of hydrogen-bond acceptors (Lipinski definition) is 9. The van der Waals surface area contributed by atoms with Crippen molar-refractivity contribution < 1.29 is 23.3 Å². The summed E-state index contributed by atoms with van der Waals surface area (Å²) in [6.07, 6.45) is 2.73. The maximum absolute atomic E-state index is 13.6. The zero-order valence-corrected chi connectivity index (χ0v) is 14.1. The molecule has 0 aromatic carbocycles. The highest BCUT2D eigenvalue weighted by Crippen LogP contribution is 2.24. The summed E-state index contributed by atoms with van der Waals surface area (Å²) in [5.74, 6) is 2.39. The van der Waals surface area contributed by atoms with Gasteiger partial charge in [-0.15, -0.1) is 6.42 Å². The summed E-state index contributed by atoms with van der Waals surface area (Å²) < 4.78 is 35.5. The molecule has 1 unspecified atom stereocenters.